The summed E-state index contributed by atoms with van der Waals surface area (Å²) in [7, 11) is 0. The highest BCUT2D eigenvalue weighted by molar-refractivity contribution is 9.10. The largest absolute Gasteiger partial charge is 0.389 e. The van der Waals surface area contributed by atoms with Crippen LogP contribution < -0.4 is 11.1 Å². The highest BCUT2D eigenvalue weighted by Gasteiger charge is 2.09. The lowest BCUT2D eigenvalue weighted by atomic mass is 10.1. The van der Waals surface area contributed by atoms with E-state index in [9.17, 15) is 0 Å². The van der Waals surface area contributed by atoms with Gasteiger partial charge >= 0.3 is 0 Å². The van der Waals surface area contributed by atoms with Gasteiger partial charge in [0.2, 0.25) is 0 Å². The molecule has 98 valence electrons. The Hall–Kier alpha value is -1.53. The van der Waals surface area contributed by atoms with Crippen LogP contribution >= 0.6 is 28.1 Å². The topological polar surface area (TPSA) is 63.8 Å². The number of anilines is 2. The second kappa shape index (κ2) is 6.08. The molecule has 4 nitrogen and oxygen atoms in total. The highest BCUT2D eigenvalue weighted by atomic mass is 79.9. The van der Waals surface area contributed by atoms with Gasteiger partial charge in [-0.15, -0.1) is 5.10 Å². The van der Waals surface area contributed by atoms with Gasteiger partial charge in [0.25, 0.3) is 0 Å². The van der Waals surface area contributed by atoms with Crippen LogP contribution in [0.5, 0.6) is 0 Å². The van der Waals surface area contributed by atoms with Gasteiger partial charge in [-0.2, -0.15) is 5.10 Å². The number of nitrogens with zero attached hydrogens (tertiary/aromatic N) is 2. The number of rotatable bonds is 4. The first-order chi connectivity index (χ1) is 9.11. The van der Waals surface area contributed by atoms with Crippen LogP contribution in [0.15, 0.2) is 34.9 Å². The van der Waals surface area contributed by atoms with Crippen molar-refractivity contribution in [2.75, 3.05) is 5.32 Å². The van der Waals surface area contributed by atoms with E-state index in [1.54, 1.807) is 12.3 Å². The average Bonchev–Trinajstić information content (AvgIpc) is 2.41. The lowest BCUT2D eigenvalue weighted by molar-refractivity contribution is 1.03. The van der Waals surface area contributed by atoms with Crippen molar-refractivity contribution in [2.24, 2.45) is 5.73 Å². The van der Waals surface area contributed by atoms with Gasteiger partial charge in [0.15, 0.2) is 5.82 Å². The van der Waals surface area contributed by atoms with Crippen molar-refractivity contribution < 1.29 is 0 Å². The fourth-order valence-electron chi connectivity index (χ4n) is 1.73. The van der Waals surface area contributed by atoms with Crippen LogP contribution in [-0.4, -0.2) is 15.2 Å². The number of hydrogen-bond acceptors (Lipinski definition) is 4. The molecule has 0 bridgehead atoms. The molecule has 1 heterocycles. The van der Waals surface area contributed by atoms with Crippen molar-refractivity contribution >= 4 is 44.6 Å². The van der Waals surface area contributed by atoms with E-state index in [-0.39, 0.29) is 0 Å². The lowest BCUT2D eigenvalue weighted by Gasteiger charge is -2.12. The third kappa shape index (κ3) is 3.27. The average molecular weight is 337 g/mol. The SMILES string of the molecule is CCc1cc(Br)ccc1Nc1nnccc1C(N)=S. The summed E-state index contributed by atoms with van der Waals surface area (Å²) in [4.78, 5) is 0.299. The van der Waals surface area contributed by atoms with Crippen molar-refractivity contribution in [1.29, 1.82) is 0 Å². The predicted molar refractivity (Wildman–Crippen MR) is 84.7 cm³/mol. The Morgan fingerprint density at radius 3 is 2.89 bits per heavy atom. The number of benzene rings is 1. The molecule has 0 saturated heterocycles. The number of hydrogen-bond donors (Lipinski definition) is 2. The van der Waals surface area contributed by atoms with Gasteiger partial charge in [0.05, 0.1) is 11.8 Å². The van der Waals surface area contributed by atoms with Gasteiger partial charge < -0.3 is 11.1 Å². The van der Waals surface area contributed by atoms with Crippen LogP contribution in [0.1, 0.15) is 18.1 Å². The van der Waals surface area contributed by atoms with Crippen molar-refractivity contribution in [3.8, 4) is 0 Å². The number of halogens is 1. The summed E-state index contributed by atoms with van der Waals surface area (Å²) in [6.07, 6.45) is 2.48. The normalized spacial score (nSPS) is 10.2. The van der Waals surface area contributed by atoms with Crippen LogP contribution in [0, 0.1) is 0 Å². The molecule has 0 unspecified atom stereocenters. The van der Waals surface area contributed by atoms with Gasteiger partial charge in [0.1, 0.15) is 4.99 Å². The van der Waals surface area contributed by atoms with Gasteiger partial charge in [-0.3, -0.25) is 0 Å². The van der Waals surface area contributed by atoms with E-state index < -0.39 is 0 Å². The zero-order valence-corrected chi connectivity index (χ0v) is 12.8. The van der Waals surface area contributed by atoms with E-state index in [2.05, 4.69) is 44.4 Å². The molecule has 6 heteroatoms. The third-order valence-corrected chi connectivity index (χ3v) is 3.40. The smallest absolute Gasteiger partial charge is 0.163 e. The van der Waals surface area contributed by atoms with Crippen LogP contribution in [0.2, 0.25) is 0 Å². The van der Waals surface area contributed by atoms with Gasteiger partial charge in [-0.1, -0.05) is 35.1 Å². The maximum absolute atomic E-state index is 5.68. The molecule has 0 radical (unpaired) electrons. The summed E-state index contributed by atoms with van der Waals surface area (Å²) in [6, 6.07) is 7.78. The molecular formula is C13H13BrN4S. The zero-order valence-electron chi connectivity index (χ0n) is 10.4. The molecular weight excluding hydrogens is 324 g/mol. The maximum Gasteiger partial charge on any atom is 0.163 e. The summed E-state index contributed by atoms with van der Waals surface area (Å²) in [5.74, 6) is 0.576. The molecule has 3 N–H and O–H groups in total. The van der Waals surface area contributed by atoms with E-state index in [0.717, 1.165) is 16.6 Å². The molecule has 0 aliphatic rings. The Labute approximate surface area is 125 Å². The minimum Gasteiger partial charge on any atom is -0.389 e. The van der Waals surface area contributed by atoms with E-state index in [0.29, 0.717) is 16.4 Å². The monoisotopic (exact) mass is 336 g/mol. The molecule has 1 aromatic carbocycles. The van der Waals surface area contributed by atoms with Gasteiger partial charge in [-0.25, -0.2) is 0 Å². The molecule has 0 aliphatic heterocycles. The zero-order chi connectivity index (χ0) is 13.8. The van der Waals surface area contributed by atoms with Crippen LogP contribution in [0.4, 0.5) is 11.5 Å². The van der Waals surface area contributed by atoms with E-state index in [1.807, 2.05) is 12.1 Å². The Morgan fingerprint density at radius 2 is 2.21 bits per heavy atom. The quantitative estimate of drug-likeness (QED) is 0.839. The maximum atomic E-state index is 5.68. The molecule has 2 rings (SSSR count). The van der Waals surface area contributed by atoms with E-state index >= 15 is 0 Å². The first-order valence-corrected chi connectivity index (χ1v) is 6.99. The first kappa shape index (κ1) is 13.9. The van der Waals surface area contributed by atoms with Crippen molar-refractivity contribution in [2.45, 2.75) is 13.3 Å². The summed E-state index contributed by atoms with van der Waals surface area (Å²) >= 11 is 8.47. The molecule has 19 heavy (non-hydrogen) atoms. The molecule has 1 aromatic heterocycles. The number of aromatic nitrogens is 2. The molecule has 0 amide bonds. The number of nitrogens with two attached hydrogens (primary N) is 1. The number of thiocarbonyl (C=S) groups is 1. The van der Waals surface area contributed by atoms with Crippen molar-refractivity contribution in [3.05, 3.63) is 46.1 Å². The second-order valence-electron chi connectivity index (χ2n) is 3.94. The summed E-state index contributed by atoms with van der Waals surface area (Å²) < 4.78 is 1.05. The van der Waals surface area contributed by atoms with Crippen LogP contribution in [0.25, 0.3) is 0 Å². The second-order valence-corrected chi connectivity index (χ2v) is 5.29. The molecule has 2 aromatic rings. The standard InChI is InChI=1S/C13H13BrN4S/c1-2-8-7-9(14)3-4-11(8)17-13-10(12(15)19)5-6-16-18-13/h3-7H,2H2,1H3,(H2,15,19)(H,17,18). The Balaban J connectivity index is 2.39. The molecule has 0 saturated carbocycles. The molecule has 0 fully saturated rings. The molecule has 0 atom stereocenters. The summed E-state index contributed by atoms with van der Waals surface area (Å²) in [5, 5.41) is 11.2. The van der Waals surface area contributed by atoms with Gasteiger partial charge in [-0.05, 0) is 36.2 Å². The number of nitrogens with one attached hydrogen (secondary N) is 1. The minimum atomic E-state index is 0.299. The Bertz CT molecular complexity index is 615. The van der Waals surface area contributed by atoms with Crippen molar-refractivity contribution in [3.63, 3.8) is 0 Å². The third-order valence-electron chi connectivity index (χ3n) is 2.69. The Kier molecular flexibility index (Phi) is 4.44. The first-order valence-electron chi connectivity index (χ1n) is 5.78. The minimum absolute atomic E-state index is 0.299. The molecule has 0 aliphatic carbocycles. The predicted octanol–water partition coefficient (Wildman–Crippen LogP) is 3.18. The fraction of sp³-hybridized carbons (Fsp3) is 0.154. The van der Waals surface area contributed by atoms with Crippen molar-refractivity contribution in [1.82, 2.24) is 10.2 Å². The summed E-state index contributed by atoms with van der Waals surface area (Å²) in [6.45, 7) is 2.10. The van der Waals surface area contributed by atoms with E-state index in [4.69, 9.17) is 18.0 Å². The van der Waals surface area contributed by atoms with Gasteiger partial charge in [0, 0.05) is 10.2 Å². The van der Waals surface area contributed by atoms with Crippen LogP contribution in [0.3, 0.4) is 0 Å². The summed E-state index contributed by atoms with van der Waals surface area (Å²) in [5.41, 5.74) is 8.52. The highest BCUT2D eigenvalue weighted by Crippen LogP contribution is 2.25. The fourth-order valence-corrected chi connectivity index (χ4v) is 2.30. The Morgan fingerprint density at radius 1 is 1.42 bits per heavy atom. The molecule has 0 spiro atoms. The number of aryl methyl sites for hydroxylation is 1. The van der Waals surface area contributed by atoms with Crippen LogP contribution in [-0.2, 0) is 6.42 Å². The van der Waals surface area contributed by atoms with E-state index in [1.165, 1.54) is 5.56 Å². The lowest BCUT2D eigenvalue weighted by Crippen LogP contribution is -2.13.